The van der Waals surface area contributed by atoms with Gasteiger partial charge in [0.2, 0.25) is 0 Å². The topological polar surface area (TPSA) is 78.9 Å². The van der Waals surface area contributed by atoms with E-state index in [0.29, 0.717) is 19.3 Å². The summed E-state index contributed by atoms with van der Waals surface area (Å²) >= 11 is 0. The molecule has 1 unspecified atom stereocenters. The van der Waals surface area contributed by atoms with Gasteiger partial charge in [-0.3, -0.25) is 14.4 Å². The van der Waals surface area contributed by atoms with Crippen LogP contribution in [0.15, 0.2) is 36.5 Å². The Bertz CT molecular complexity index is 1380. The van der Waals surface area contributed by atoms with Gasteiger partial charge in [-0.15, -0.1) is 0 Å². The number of hydrogen-bond acceptors (Lipinski definition) is 6. The normalized spacial score (nSPS) is 12.2. The third kappa shape index (κ3) is 70.3. The van der Waals surface area contributed by atoms with E-state index in [0.717, 1.165) is 77.0 Å². The van der Waals surface area contributed by atoms with Crippen molar-refractivity contribution in [1.29, 1.82) is 0 Å². The van der Waals surface area contributed by atoms with Gasteiger partial charge < -0.3 is 14.2 Å². The van der Waals surface area contributed by atoms with Gasteiger partial charge in [-0.1, -0.05) is 378 Å². The van der Waals surface area contributed by atoms with Crippen LogP contribution in [0.25, 0.3) is 0 Å². The molecule has 0 aliphatic carbocycles. The van der Waals surface area contributed by atoms with E-state index in [2.05, 4.69) is 57.2 Å². The molecule has 0 spiro atoms. The molecule has 0 fully saturated rings. The van der Waals surface area contributed by atoms with Crippen molar-refractivity contribution in [3.8, 4) is 0 Å². The van der Waals surface area contributed by atoms with Crippen molar-refractivity contribution in [1.82, 2.24) is 0 Å². The molecule has 0 aromatic carbocycles. The van der Waals surface area contributed by atoms with E-state index >= 15 is 0 Å². The first kappa shape index (κ1) is 80.6. The summed E-state index contributed by atoms with van der Waals surface area (Å²) < 4.78 is 17.0. The fraction of sp³-hybridized carbons (Fsp3) is 0.883. The van der Waals surface area contributed by atoms with Gasteiger partial charge in [-0.25, -0.2) is 0 Å². The van der Waals surface area contributed by atoms with Gasteiger partial charge in [-0.05, 0) is 57.8 Å². The maximum absolute atomic E-state index is 12.9. The van der Waals surface area contributed by atoms with Gasteiger partial charge in [0.1, 0.15) is 13.2 Å². The summed E-state index contributed by atoms with van der Waals surface area (Å²) in [5, 5.41) is 0. The SMILES string of the molecule is CCCCC/C=C\C/C=C\C/C=C\CCCCCCCCC(=O)OC(COC(=O)CCCCCCCCCCCCCCCC)COC(=O)CCCCCCCCCCCCCCCCCCCCCCCCCCCCCCCCCC. The highest BCUT2D eigenvalue weighted by atomic mass is 16.6. The molecule has 0 saturated carbocycles. The fourth-order valence-corrected chi connectivity index (χ4v) is 11.5. The Morgan fingerprint density at radius 3 is 0.699 bits per heavy atom. The van der Waals surface area contributed by atoms with E-state index in [4.69, 9.17) is 14.2 Å². The van der Waals surface area contributed by atoms with E-state index in [-0.39, 0.29) is 31.1 Å². The van der Waals surface area contributed by atoms with Crippen LogP contribution < -0.4 is 0 Å². The quantitative estimate of drug-likeness (QED) is 0.0261. The number of allylic oxidation sites excluding steroid dienone is 6. The van der Waals surface area contributed by atoms with E-state index in [1.54, 1.807) is 0 Å². The lowest BCUT2D eigenvalue weighted by Crippen LogP contribution is -2.30. The Labute approximate surface area is 518 Å². The Morgan fingerprint density at radius 2 is 0.434 bits per heavy atom. The zero-order chi connectivity index (χ0) is 59.9. The van der Waals surface area contributed by atoms with Crippen molar-refractivity contribution in [2.75, 3.05) is 13.2 Å². The minimum absolute atomic E-state index is 0.0718. The number of rotatable bonds is 70. The number of esters is 3. The second-order valence-electron chi connectivity index (χ2n) is 25.6. The molecule has 0 aliphatic rings. The van der Waals surface area contributed by atoms with Crippen LogP contribution in [0.5, 0.6) is 0 Å². The van der Waals surface area contributed by atoms with Gasteiger partial charge in [0.25, 0.3) is 0 Å². The van der Waals surface area contributed by atoms with E-state index in [1.165, 1.54) is 302 Å². The van der Waals surface area contributed by atoms with Gasteiger partial charge >= 0.3 is 17.9 Å². The largest absolute Gasteiger partial charge is 0.462 e. The molecule has 0 aliphatic heterocycles. The van der Waals surface area contributed by atoms with Gasteiger partial charge in [-0.2, -0.15) is 0 Å². The fourth-order valence-electron chi connectivity index (χ4n) is 11.5. The van der Waals surface area contributed by atoms with Crippen molar-refractivity contribution in [2.45, 2.75) is 425 Å². The molecule has 0 amide bonds. The summed E-state index contributed by atoms with van der Waals surface area (Å²) in [7, 11) is 0. The highest BCUT2D eigenvalue weighted by Crippen LogP contribution is 2.19. The van der Waals surface area contributed by atoms with Crippen LogP contribution in [0.3, 0.4) is 0 Å². The summed E-state index contributed by atoms with van der Waals surface area (Å²) in [5.41, 5.74) is 0. The molecular weight excluding hydrogens is 1020 g/mol. The molecule has 488 valence electrons. The second kappa shape index (κ2) is 72.1. The summed E-state index contributed by atoms with van der Waals surface area (Å²) in [5.74, 6) is -0.853. The summed E-state index contributed by atoms with van der Waals surface area (Å²) in [6.45, 7) is 6.68. The average molecular weight is 1170 g/mol. The predicted octanol–water partition coefficient (Wildman–Crippen LogP) is 25.9. The summed E-state index contributed by atoms with van der Waals surface area (Å²) in [6, 6.07) is 0. The van der Waals surface area contributed by atoms with E-state index < -0.39 is 6.10 Å². The minimum Gasteiger partial charge on any atom is -0.462 e. The van der Waals surface area contributed by atoms with Crippen molar-refractivity contribution >= 4 is 17.9 Å². The smallest absolute Gasteiger partial charge is 0.306 e. The highest BCUT2D eigenvalue weighted by molar-refractivity contribution is 5.71. The first-order valence-corrected chi connectivity index (χ1v) is 37.5. The van der Waals surface area contributed by atoms with Crippen LogP contribution in [-0.2, 0) is 28.6 Å². The average Bonchev–Trinajstić information content (AvgIpc) is 3.49. The Kier molecular flexibility index (Phi) is 70.0. The molecule has 0 radical (unpaired) electrons. The van der Waals surface area contributed by atoms with Crippen LogP contribution in [0, 0.1) is 0 Å². The Balaban J connectivity index is 4.15. The molecule has 6 nitrogen and oxygen atoms in total. The maximum atomic E-state index is 12.9. The molecule has 1 atom stereocenters. The molecular formula is C77H144O6. The second-order valence-corrected chi connectivity index (χ2v) is 25.6. The summed E-state index contributed by atoms with van der Waals surface area (Å²) in [6.07, 6.45) is 90.6. The lowest BCUT2D eigenvalue weighted by atomic mass is 10.0. The molecule has 0 aromatic rings. The number of unbranched alkanes of at least 4 members (excludes halogenated alkanes) is 53. The van der Waals surface area contributed by atoms with Gasteiger partial charge in [0.15, 0.2) is 6.10 Å². The molecule has 83 heavy (non-hydrogen) atoms. The third-order valence-electron chi connectivity index (χ3n) is 17.1. The molecule has 0 N–H and O–H groups in total. The van der Waals surface area contributed by atoms with Crippen molar-refractivity contribution < 1.29 is 28.6 Å². The van der Waals surface area contributed by atoms with E-state index in [1.807, 2.05) is 0 Å². The van der Waals surface area contributed by atoms with Crippen LogP contribution in [0.1, 0.15) is 419 Å². The molecule has 6 heteroatoms. The maximum Gasteiger partial charge on any atom is 0.306 e. The molecule has 0 saturated heterocycles. The standard InChI is InChI=1S/C77H144O6/c1-4-7-10-13-16-19-22-25-28-30-32-33-34-35-36-37-38-39-40-41-42-43-44-46-47-49-52-55-58-61-64-67-70-76(79)82-73-74(72-81-75(78)69-66-63-60-57-54-51-27-24-21-18-15-12-9-6-3)83-77(80)71-68-65-62-59-56-53-50-48-45-31-29-26-23-20-17-14-11-8-5-2/h17,20,26,29,45,48,74H,4-16,18-19,21-25,27-28,30-44,46-47,49-73H2,1-3H3/b20-17-,29-26-,48-45-. The van der Waals surface area contributed by atoms with E-state index in [9.17, 15) is 14.4 Å². The third-order valence-corrected chi connectivity index (χ3v) is 17.1. The lowest BCUT2D eigenvalue weighted by Gasteiger charge is -2.18. The molecule has 0 heterocycles. The first-order chi connectivity index (χ1) is 41.0. The zero-order valence-electron chi connectivity index (χ0n) is 56.2. The zero-order valence-corrected chi connectivity index (χ0v) is 56.2. The Morgan fingerprint density at radius 1 is 0.241 bits per heavy atom. The minimum atomic E-state index is -0.777. The van der Waals surface area contributed by atoms with Crippen molar-refractivity contribution in [3.63, 3.8) is 0 Å². The van der Waals surface area contributed by atoms with Crippen molar-refractivity contribution in [2.24, 2.45) is 0 Å². The number of carbonyl (C=O) groups excluding carboxylic acids is 3. The summed E-state index contributed by atoms with van der Waals surface area (Å²) in [4.78, 5) is 38.5. The van der Waals surface area contributed by atoms with Gasteiger partial charge in [0.05, 0.1) is 0 Å². The number of ether oxygens (including phenoxy) is 3. The predicted molar refractivity (Wildman–Crippen MR) is 362 cm³/mol. The molecule has 0 bridgehead atoms. The first-order valence-electron chi connectivity index (χ1n) is 37.5. The molecule has 0 rings (SSSR count). The van der Waals surface area contributed by atoms with Crippen LogP contribution in [0.4, 0.5) is 0 Å². The number of carbonyl (C=O) groups is 3. The van der Waals surface area contributed by atoms with Crippen molar-refractivity contribution in [3.05, 3.63) is 36.5 Å². The Hall–Kier alpha value is -2.37. The van der Waals surface area contributed by atoms with Crippen LogP contribution >= 0.6 is 0 Å². The monoisotopic (exact) mass is 1170 g/mol. The highest BCUT2D eigenvalue weighted by Gasteiger charge is 2.20. The lowest BCUT2D eigenvalue weighted by molar-refractivity contribution is -0.167. The van der Waals surface area contributed by atoms with Crippen LogP contribution in [-0.4, -0.2) is 37.2 Å². The molecule has 0 aromatic heterocycles. The van der Waals surface area contributed by atoms with Gasteiger partial charge in [0, 0.05) is 19.3 Å². The van der Waals surface area contributed by atoms with Crippen LogP contribution in [0.2, 0.25) is 0 Å². The number of hydrogen-bond donors (Lipinski definition) is 0.